The Balaban J connectivity index is 0.000000319. The van der Waals surface area contributed by atoms with E-state index in [1.54, 1.807) is 68.8 Å². The average Bonchev–Trinajstić information content (AvgIpc) is 3.85. The van der Waals surface area contributed by atoms with E-state index in [0.29, 0.717) is 76.7 Å². The molecule has 0 bridgehead atoms. The molecule has 2 amide bonds. The number of aliphatic hydroxyl groups is 1. The summed E-state index contributed by atoms with van der Waals surface area (Å²) in [5.74, 6) is -0.977. The Morgan fingerprint density at radius 1 is 0.662 bits per heavy atom. The van der Waals surface area contributed by atoms with Crippen LogP contribution in [0.3, 0.4) is 0 Å². The van der Waals surface area contributed by atoms with Crippen molar-refractivity contribution >= 4 is 29.9 Å². The van der Waals surface area contributed by atoms with Gasteiger partial charge < -0.3 is 73.3 Å². The van der Waals surface area contributed by atoms with Crippen LogP contribution in [0.2, 0.25) is 0 Å². The van der Waals surface area contributed by atoms with Gasteiger partial charge in [-0.3, -0.25) is 9.59 Å². The van der Waals surface area contributed by atoms with Crippen LogP contribution < -0.4 is 59.1 Å². The Hall–Kier alpha value is -5.09. The van der Waals surface area contributed by atoms with Crippen LogP contribution in [-0.2, 0) is 33.2 Å². The average molecular weight is 1040 g/mol. The van der Waals surface area contributed by atoms with Crippen molar-refractivity contribution in [1.29, 1.82) is 0 Å². The van der Waals surface area contributed by atoms with Gasteiger partial charge in [0.25, 0.3) is 11.8 Å². The fourth-order valence-electron chi connectivity index (χ4n) is 8.51. The molecular formula is C55H71N2NaO16. The predicted molar refractivity (Wildman–Crippen MR) is 271 cm³/mol. The topological polar surface area (TPSA) is 227 Å². The second kappa shape index (κ2) is 28.7. The van der Waals surface area contributed by atoms with Gasteiger partial charge in [0.2, 0.25) is 0 Å². The quantitative estimate of drug-likeness (QED) is 0.110. The second-order valence-electron chi connectivity index (χ2n) is 18.7. The first-order chi connectivity index (χ1) is 34.4. The maximum atomic E-state index is 13.4. The third-order valence-electron chi connectivity index (χ3n) is 11.9. The van der Waals surface area contributed by atoms with Crippen LogP contribution in [0.5, 0.6) is 23.0 Å². The summed E-state index contributed by atoms with van der Waals surface area (Å²) in [6.07, 6.45) is 12.4. The summed E-state index contributed by atoms with van der Waals surface area (Å²) >= 11 is 0. The molecule has 4 aliphatic heterocycles. The Bertz CT molecular complexity index is 2440. The van der Waals surface area contributed by atoms with E-state index >= 15 is 0 Å². The van der Waals surface area contributed by atoms with Crippen LogP contribution in [0.1, 0.15) is 96.6 Å². The van der Waals surface area contributed by atoms with E-state index < -0.39 is 48.1 Å². The van der Waals surface area contributed by atoms with E-state index in [1.165, 1.54) is 14.2 Å². The molecule has 0 spiro atoms. The Morgan fingerprint density at radius 3 is 1.59 bits per heavy atom. The fourth-order valence-corrected chi connectivity index (χ4v) is 8.51. The van der Waals surface area contributed by atoms with Crippen molar-refractivity contribution in [3.8, 4) is 23.0 Å². The fraction of sp³-hybridized carbons (Fsp3) is 0.473. The molecule has 18 nitrogen and oxygen atoms in total. The number of benzene rings is 3. The van der Waals surface area contributed by atoms with Crippen LogP contribution >= 0.6 is 0 Å². The van der Waals surface area contributed by atoms with Gasteiger partial charge >= 0.3 is 35.5 Å². The molecule has 398 valence electrons. The van der Waals surface area contributed by atoms with E-state index in [4.69, 9.17) is 52.1 Å². The monoisotopic (exact) mass is 1040 g/mol. The number of hydrogen-bond acceptors (Lipinski definition) is 16. The Labute approximate surface area is 456 Å². The summed E-state index contributed by atoms with van der Waals surface area (Å²) in [7, 11) is 6.14. The van der Waals surface area contributed by atoms with Gasteiger partial charge in [0, 0.05) is 39.4 Å². The first-order valence-corrected chi connectivity index (χ1v) is 24.0. The number of hydrogen-bond donors (Lipinski definition) is 3. The molecule has 8 atom stereocenters. The Morgan fingerprint density at radius 2 is 1.12 bits per heavy atom. The number of ether oxygens (including phenoxy) is 11. The van der Waals surface area contributed by atoms with Crippen molar-refractivity contribution in [2.75, 3.05) is 55.1 Å². The third kappa shape index (κ3) is 17.0. The number of carbonyl (C=O) groups is 3. The number of nitrogens with one attached hydrogen (secondary N) is 2. The SMILES string of the molecule is COCOc1cc(OC)cc2c1C(=O)NC[C@H](C)/C=C\C(O)C1OC(C)(C)O[C@H]1C/C=C/2.COCOc1cc(OC)cc2c1C(=O)NC[C@H](C)/C=C\C(OC(=O)c1ccccc1)C1OC(C)(C)O[C@H]1C/C=C/2.[Na+].[OH-]. The minimum atomic E-state index is -0.881. The van der Waals surface area contributed by atoms with Crippen molar-refractivity contribution in [2.45, 2.75) is 103 Å². The molecule has 4 heterocycles. The van der Waals surface area contributed by atoms with Crippen LogP contribution in [-0.4, -0.2) is 132 Å². The second-order valence-corrected chi connectivity index (χ2v) is 18.7. The summed E-state index contributed by atoms with van der Waals surface area (Å²) < 4.78 is 62.9. The van der Waals surface area contributed by atoms with Crippen molar-refractivity contribution in [2.24, 2.45) is 11.8 Å². The van der Waals surface area contributed by atoms with Crippen LogP contribution in [0.15, 0.2) is 91.1 Å². The molecule has 3 aromatic carbocycles. The molecule has 0 aliphatic carbocycles. The maximum Gasteiger partial charge on any atom is 1.00 e. The normalized spacial score (nSPS) is 26.9. The molecule has 2 fully saturated rings. The van der Waals surface area contributed by atoms with Gasteiger partial charge in [-0.05, 0) is 93.8 Å². The van der Waals surface area contributed by atoms with Gasteiger partial charge in [-0.25, -0.2) is 4.79 Å². The molecule has 7 rings (SSSR count). The number of carbonyl (C=O) groups excluding carboxylic acids is 3. The summed E-state index contributed by atoms with van der Waals surface area (Å²) in [4.78, 5) is 39.5. The van der Waals surface area contributed by atoms with Crippen molar-refractivity contribution in [3.63, 3.8) is 0 Å². The first kappa shape index (κ1) is 61.5. The molecule has 4 unspecified atom stereocenters. The predicted octanol–water partition coefficient (Wildman–Crippen LogP) is 4.49. The molecule has 4 N–H and O–H groups in total. The summed E-state index contributed by atoms with van der Waals surface area (Å²) in [5.41, 5.74) is 2.47. The van der Waals surface area contributed by atoms with Gasteiger partial charge in [-0.15, -0.1) is 0 Å². The number of rotatable bonds is 10. The number of fused-ring (bicyclic) bond motifs is 4. The van der Waals surface area contributed by atoms with E-state index in [9.17, 15) is 19.5 Å². The smallest absolute Gasteiger partial charge is 0.870 e. The third-order valence-corrected chi connectivity index (χ3v) is 11.9. The number of esters is 1. The zero-order valence-corrected chi connectivity index (χ0v) is 46.3. The summed E-state index contributed by atoms with van der Waals surface area (Å²) in [6.45, 7) is 12.0. The summed E-state index contributed by atoms with van der Waals surface area (Å²) in [5, 5.41) is 16.6. The van der Waals surface area contributed by atoms with Crippen LogP contribution in [0, 0.1) is 11.8 Å². The molecule has 74 heavy (non-hydrogen) atoms. The van der Waals surface area contributed by atoms with Gasteiger partial charge in [0.05, 0.1) is 43.1 Å². The van der Waals surface area contributed by atoms with Crippen LogP contribution in [0.4, 0.5) is 0 Å². The zero-order chi connectivity index (χ0) is 52.0. The largest absolute Gasteiger partial charge is 1.00 e. The molecular weight excluding hydrogens is 968 g/mol. The van der Waals surface area contributed by atoms with E-state index in [1.807, 2.05) is 90.1 Å². The molecule has 4 aliphatic rings. The molecule has 3 aromatic rings. The van der Waals surface area contributed by atoms with Gasteiger partial charge in [0.1, 0.15) is 47.4 Å². The van der Waals surface area contributed by atoms with Gasteiger partial charge in [-0.2, -0.15) is 0 Å². The molecule has 0 saturated carbocycles. The van der Waals surface area contributed by atoms with Crippen molar-refractivity contribution < 1.29 is 107 Å². The first-order valence-electron chi connectivity index (χ1n) is 24.0. The van der Waals surface area contributed by atoms with Gasteiger partial charge in [0.15, 0.2) is 25.2 Å². The van der Waals surface area contributed by atoms with Crippen molar-refractivity contribution in [1.82, 2.24) is 10.6 Å². The van der Waals surface area contributed by atoms with Gasteiger partial charge in [-0.1, -0.05) is 74.6 Å². The zero-order valence-electron chi connectivity index (χ0n) is 44.3. The standard InChI is InChI=1S/C31H37NO8.C24H33NO7.Na.H2O/c1-20-14-15-24(38-30(34)21-10-7-6-8-11-21)28-25(39-31(2,3)40-28)13-9-12-22-16-23(36-5)17-26(37-19-35-4)27(22)29(33)32-18-20;1-15-9-10-18(26)22-19(31-24(2,3)32-22)8-6-7-16-11-17(29-5)12-20(30-14-28-4)21(16)23(27)25-13-15;;/h6-12,14-17,20,24-25,28H,13,18-19H2,1-5H3,(H,32,33);6-7,9-12,15,18-19,22,26H,8,13-14H2,1-5H3,(H,25,27);;1H2/q;;+1;/p-1/b12-9+,15-14-;7-6+,10-9-;;/t20-,24?,25+,28?;15-,18?,19+,22?;;/m11../s1. The molecule has 0 aromatic heterocycles. The minimum absolute atomic E-state index is 0. The van der Waals surface area contributed by atoms with Crippen LogP contribution in [0.25, 0.3) is 12.2 Å². The summed E-state index contributed by atoms with van der Waals surface area (Å²) in [6, 6.07) is 15.7. The number of amides is 2. The molecule has 0 radical (unpaired) electrons. The number of aliphatic hydroxyl groups excluding tert-OH is 1. The molecule has 2 saturated heterocycles. The Kier molecular flexibility index (Phi) is 23.8. The maximum absolute atomic E-state index is 13.4. The van der Waals surface area contributed by atoms with E-state index in [2.05, 4.69) is 10.6 Å². The molecule has 19 heteroatoms. The van der Waals surface area contributed by atoms with Crippen molar-refractivity contribution in [3.05, 3.63) is 119 Å². The van der Waals surface area contributed by atoms with E-state index in [0.717, 1.165) is 0 Å². The number of methoxy groups -OCH3 is 4. The minimum Gasteiger partial charge on any atom is -0.870 e. The van der Waals surface area contributed by atoms with E-state index in [-0.39, 0.29) is 78.4 Å².